The lowest BCUT2D eigenvalue weighted by Gasteiger charge is -2.09. The molecular weight excluding hydrogens is 168 g/mol. The van der Waals surface area contributed by atoms with Crippen LogP contribution >= 0.6 is 11.8 Å². The second-order valence-corrected chi connectivity index (χ2v) is 3.65. The highest BCUT2D eigenvalue weighted by Crippen LogP contribution is 2.10. The lowest BCUT2D eigenvalue weighted by Crippen LogP contribution is -2.10. The maximum absolute atomic E-state index is 5.44. The normalized spacial score (nSPS) is 15.2. The van der Waals surface area contributed by atoms with Crippen LogP contribution in [-0.4, -0.2) is 11.5 Å². The van der Waals surface area contributed by atoms with Crippen molar-refractivity contribution in [1.82, 2.24) is 5.32 Å². The van der Waals surface area contributed by atoms with Gasteiger partial charge in [0.2, 0.25) is 0 Å². The summed E-state index contributed by atoms with van der Waals surface area (Å²) < 4.78 is 0. The van der Waals surface area contributed by atoms with E-state index in [1.54, 1.807) is 11.8 Å². The summed E-state index contributed by atoms with van der Waals surface area (Å²) in [5.74, 6) is 1.82. The zero-order chi connectivity index (χ0) is 8.81. The van der Waals surface area contributed by atoms with Crippen molar-refractivity contribution in [3.05, 3.63) is 36.3 Å². The van der Waals surface area contributed by atoms with Crippen LogP contribution in [0.2, 0.25) is 0 Å². The highest BCUT2D eigenvalue weighted by molar-refractivity contribution is 7.99. The second-order valence-electron chi connectivity index (χ2n) is 2.66. The van der Waals surface area contributed by atoms with E-state index in [1.165, 1.54) is 5.70 Å². The highest BCUT2D eigenvalue weighted by Gasteiger charge is 1.97. The van der Waals surface area contributed by atoms with Crippen LogP contribution in [0.15, 0.2) is 36.3 Å². The van der Waals surface area contributed by atoms with Gasteiger partial charge in [-0.15, -0.1) is 11.8 Å². The maximum Gasteiger partial charge on any atom is 0.0336 e. The van der Waals surface area contributed by atoms with Crippen LogP contribution in [0, 0.1) is 0 Å². The molecule has 1 aliphatic heterocycles. The van der Waals surface area contributed by atoms with Crippen molar-refractivity contribution in [2.75, 3.05) is 11.5 Å². The molecule has 0 aromatic rings. The lowest BCUT2D eigenvalue weighted by molar-refractivity contribution is 1.01. The summed E-state index contributed by atoms with van der Waals surface area (Å²) in [4.78, 5) is 0. The molecule has 0 bridgehead atoms. The average Bonchev–Trinajstić information content (AvgIpc) is 2.05. The van der Waals surface area contributed by atoms with Crippen molar-refractivity contribution in [3.8, 4) is 0 Å². The highest BCUT2D eigenvalue weighted by atomic mass is 32.2. The van der Waals surface area contributed by atoms with Gasteiger partial charge < -0.3 is 11.1 Å². The van der Waals surface area contributed by atoms with Gasteiger partial charge in [-0.05, 0) is 12.6 Å². The van der Waals surface area contributed by atoms with Crippen molar-refractivity contribution >= 4 is 11.8 Å². The molecule has 0 spiro atoms. The molecule has 2 nitrogen and oxygen atoms in total. The molecule has 1 aliphatic rings. The summed E-state index contributed by atoms with van der Waals surface area (Å²) in [6.45, 7) is 3.64. The Morgan fingerprint density at radius 2 is 2.58 bits per heavy atom. The number of dihydropyridines is 1. The van der Waals surface area contributed by atoms with Gasteiger partial charge in [-0.2, -0.15) is 0 Å². The van der Waals surface area contributed by atoms with Crippen LogP contribution in [0.4, 0.5) is 0 Å². The average molecular weight is 182 g/mol. The predicted molar refractivity (Wildman–Crippen MR) is 55.6 cm³/mol. The quantitative estimate of drug-likeness (QED) is 0.693. The van der Waals surface area contributed by atoms with E-state index in [4.69, 9.17) is 5.73 Å². The minimum Gasteiger partial charge on any atom is -0.402 e. The molecule has 1 rings (SSSR count). The van der Waals surface area contributed by atoms with Crippen LogP contribution in [0.5, 0.6) is 0 Å². The number of rotatable bonds is 4. The van der Waals surface area contributed by atoms with E-state index in [2.05, 4.69) is 24.0 Å². The fourth-order valence-electron chi connectivity index (χ4n) is 0.896. The molecule has 0 fully saturated rings. The Labute approximate surface area is 77.6 Å². The van der Waals surface area contributed by atoms with Crippen molar-refractivity contribution in [2.24, 2.45) is 5.73 Å². The molecule has 3 N–H and O–H groups in total. The van der Waals surface area contributed by atoms with Gasteiger partial charge in [0.05, 0.1) is 0 Å². The van der Waals surface area contributed by atoms with E-state index in [0.717, 1.165) is 23.6 Å². The molecule has 12 heavy (non-hydrogen) atoms. The van der Waals surface area contributed by atoms with Crippen LogP contribution in [-0.2, 0) is 0 Å². The van der Waals surface area contributed by atoms with Crippen molar-refractivity contribution in [1.29, 1.82) is 0 Å². The smallest absolute Gasteiger partial charge is 0.0336 e. The summed E-state index contributed by atoms with van der Waals surface area (Å²) in [6, 6.07) is 0. The third kappa shape index (κ3) is 3.53. The molecule has 0 saturated carbocycles. The van der Waals surface area contributed by atoms with E-state index in [9.17, 15) is 0 Å². The topological polar surface area (TPSA) is 38.0 Å². The van der Waals surface area contributed by atoms with Crippen LogP contribution in [0.1, 0.15) is 6.42 Å². The molecule has 66 valence electrons. The third-order valence-corrected chi connectivity index (χ3v) is 2.52. The Morgan fingerprint density at radius 3 is 3.17 bits per heavy atom. The minimum atomic E-state index is 0.743. The minimum absolute atomic E-state index is 0.743. The Bertz CT molecular complexity index is 219. The first kappa shape index (κ1) is 9.26. The fraction of sp³-hybridized carbons (Fsp3) is 0.333. The van der Waals surface area contributed by atoms with Gasteiger partial charge in [-0.3, -0.25) is 0 Å². The van der Waals surface area contributed by atoms with Gasteiger partial charge in [-0.25, -0.2) is 0 Å². The Kier molecular flexibility index (Phi) is 3.80. The number of hydrogen-bond donors (Lipinski definition) is 2. The third-order valence-electron chi connectivity index (χ3n) is 1.43. The molecule has 0 saturated heterocycles. The Balaban J connectivity index is 2.14. The van der Waals surface area contributed by atoms with Crippen molar-refractivity contribution < 1.29 is 0 Å². The van der Waals surface area contributed by atoms with E-state index in [1.807, 2.05) is 6.20 Å². The number of thioether (sulfide) groups is 1. The van der Waals surface area contributed by atoms with Crippen LogP contribution < -0.4 is 11.1 Å². The van der Waals surface area contributed by atoms with Gasteiger partial charge in [0, 0.05) is 22.9 Å². The lowest BCUT2D eigenvalue weighted by atomic mass is 10.3. The summed E-state index contributed by atoms with van der Waals surface area (Å²) in [5.41, 5.74) is 7.45. The molecule has 0 radical (unpaired) electrons. The van der Waals surface area contributed by atoms with Crippen molar-refractivity contribution in [2.45, 2.75) is 6.42 Å². The molecule has 0 aliphatic carbocycles. The zero-order valence-electron chi connectivity index (χ0n) is 7.05. The molecule has 0 amide bonds. The molecule has 0 atom stereocenters. The van der Waals surface area contributed by atoms with Gasteiger partial charge in [0.1, 0.15) is 0 Å². The van der Waals surface area contributed by atoms with Crippen molar-refractivity contribution in [3.63, 3.8) is 0 Å². The fourth-order valence-corrected chi connectivity index (χ4v) is 1.68. The monoisotopic (exact) mass is 182 g/mol. The van der Waals surface area contributed by atoms with E-state index < -0.39 is 0 Å². The zero-order valence-corrected chi connectivity index (χ0v) is 7.86. The van der Waals surface area contributed by atoms with Crippen LogP contribution in [0.3, 0.4) is 0 Å². The first-order valence-corrected chi connectivity index (χ1v) is 5.06. The molecule has 0 aromatic heterocycles. The maximum atomic E-state index is 5.44. The second kappa shape index (κ2) is 4.93. The number of nitrogens with two attached hydrogens (primary N) is 1. The summed E-state index contributed by atoms with van der Waals surface area (Å²) in [6.07, 6.45) is 7.29. The van der Waals surface area contributed by atoms with Gasteiger partial charge in [-0.1, -0.05) is 18.7 Å². The SMILES string of the molecule is C=C(N)CSCC1=CCC=CN1. The van der Waals surface area contributed by atoms with E-state index in [0.29, 0.717) is 0 Å². The standard InChI is InChI=1S/C9H14N2S/c1-8(10)6-12-7-9-4-2-3-5-11-9/h3-5,11H,1-2,6-7,10H2. The predicted octanol–water partition coefficient (Wildman–Crippen LogP) is 1.58. The molecule has 1 heterocycles. The van der Waals surface area contributed by atoms with Gasteiger partial charge in [0.25, 0.3) is 0 Å². The van der Waals surface area contributed by atoms with Gasteiger partial charge >= 0.3 is 0 Å². The first-order chi connectivity index (χ1) is 5.79. The summed E-state index contributed by atoms with van der Waals surface area (Å²) in [7, 11) is 0. The number of hydrogen-bond acceptors (Lipinski definition) is 3. The molecule has 0 unspecified atom stereocenters. The number of allylic oxidation sites excluding steroid dienone is 2. The number of nitrogens with one attached hydrogen (secondary N) is 1. The largest absolute Gasteiger partial charge is 0.402 e. The molecular formula is C9H14N2S. The summed E-state index contributed by atoms with van der Waals surface area (Å²) in [5, 5.41) is 3.18. The molecule has 3 heteroatoms. The molecule has 0 aromatic carbocycles. The van der Waals surface area contributed by atoms with E-state index >= 15 is 0 Å². The van der Waals surface area contributed by atoms with E-state index in [-0.39, 0.29) is 0 Å². The Hall–Kier alpha value is -0.830. The van der Waals surface area contributed by atoms with Gasteiger partial charge in [0.15, 0.2) is 0 Å². The van der Waals surface area contributed by atoms with Crippen LogP contribution in [0.25, 0.3) is 0 Å². The Morgan fingerprint density at radius 1 is 1.75 bits per heavy atom. The summed E-state index contributed by atoms with van der Waals surface area (Å²) >= 11 is 1.78. The first-order valence-electron chi connectivity index (χ1n) is 3.90.